The molecular formula is C11H12BrFO3. The highest BCUT2D eigenvalue weighted by atomic mass is 79.9. The summed E-state index contributed by atoms with van der Waals surface area (Å²) >= 11 is 3.08. The summed E-state index contributed by atoms with van der Waals surface area (Å²) in [6.45, 7) is 1.38. The molecule has 0 radical (unpaired) electrons. The first kappa shape index (κ1) is 13.1. The van der Waals surface area contributed by atoms with Gasteiger partial charge in [-0.25, -0.2) is 4.39 Å². The van der Waals surface area contributed by atoms with E-state index in [0.717, 1.165) is 6.07 Å². The van der Waals surface area contributed by atoms with E-state index in [4.69, 9.17) is 4.74 Å². The summed E-state index contributed by atoms with van der Waals surface area (Å²) in [5.74, 6) is -0.524. The normalized spacial score (nSPS) is 12.2. The zero-order valence-corrected chi connectivity index (χ0v) is 10.3. The Balaban J connectivity index is 2.84. The fourth-order valence-corrected chi connectivity index (χ4v) is 1.32. The van der Waals surface area contributed by atoms with E-state index in [1.807, 2.05) is 0 Å². The molecule has 1 unspecified atom stereocenters. The van der Waals surface area contributed by atoms with Crippen molar-refractivity contribution in [3.63, 3.8) is 0 Å². The van der Waals surface area contributed by atoms with E-state index in [0.29, 0.717) is 10.9 Å². The predicted molar refractivity (Wildman–Crippen MR) is 61.7 cm³/mol. The van der Waals surface area contributed by atoms with Crippen LogP contribution in [0.1, 0.15) is 17.3 Å². The van der Waals surface area contributed by atoms with Crippen LogP contribution in [0.2, 0.25) is 0 Å². The van der Waals surface area contributed by atoms with Crippen LogP contribution in [0.3, 0.4) is 0 Å². The molecule has 3 nitrogen and oxygen atoms in total. The second kappa shape index (κ2) is 5.96. The third-order valence-electron chi connectivity index (χ3n) is 1.93. The molecule has 0 aliphatic heterocycles. The van der Waals surface area contributed by atoms with Gasteiger partial charge in [-0.1, -0.05) is 15.9 Å². The average Bonchev–Trinajstić information content (AvgIpc) is 2.25. The minimum atomic E-state index is -0.692. The SMILES string of the molecule is CC(=O)c1ccc(F)cc1OCC(O)CBr. The van der Waals surface area contributed by atoms with Gasteiger partial charge in [0.15, 0.2) is 5.78 Å². The first-order valence-corrected chi connectivity index (χ1v) is 5.84. The average molecular weight is 291 g/mol. The van der Waals surface area contributed by atoms with Crippen molar-refractivity contribution >= 4 is 21.7 Å². The summed E-state index contributed by atoms with van der Waals surface area (Å²) in [6, 6.07) is 3.70. The third kappa shape index (κ3) is 3.57. The van der Waals surface area contributed by atoms with Crippen LogP contribution in [0.25, 0.3) is 0 Å². The molecular weight excluding hydrogens is 279 g/mol. The number of aliphatic hydroxyl groups is 1. The Labute approximate surface area is 101 Å². The van der Waals surface area contributed by atoms with Crippen molar-refractivity contribution in [1.82, 2.24) is 0 Å². The summed E-state index contributed by atoms with van der Waals surface area (Å²) in [7, 11) is 0. The number of rotatable bonds is 5. The smallest absolute Gasteiger partial charge is 0.163 e. The van der Waals surface area contributed by atoms with E-state index in [2.05, 4.69) is 15.9 Å². The minimum absolute atomic E-state index is 0.00891. The fourth-order valence-electron chi connectivity index (χ4n) is 1.14. The molecule has 1 rings (SSSR count). The van der Waals surface area contributed by atoms with Crippen molar-refractivity contribution in [2.75, 3.05) is 11.9 Å². The van der Waals surface area contributed by atoms with Gasteiger partial charge in [0.2, 0.25) is 0 Å². The van der Waals surface area contributed by atoms with Crippen LogP contribution in [0.4, 0.5) is 4.39 Å². The molecule has 1 aromatic rings. The van der Waals surface area contributed by atoms with E-state index in [1.165, 1.54) is 19.1 Å². The number of hydrogen-bond donors (Lipinski definition) is 1. The molecule has 1 atom stereocenters. The summed E-state index contributed by atoms with van der Waals surface area (Å²) in [5.41, 5.74) is 0.308. The van der Waals surface area contributed by atoms with Gasteiger partial charge in [-0.05, 0) is 19.1 Å². The maximum atomic E-state index is 13.0. The van der Waals surface area contributed by atoms with Crippen molar-refractivity contribution in [3.05, 3.63) is 29.6 Å². The number of ether oxygens (including phenoxy) is 1. The van der Waals surface area contributed by atoms with Crippen molar-refractivity contribution in [3.8, 4) is 5.75 Å². The molecule has 0 aromatic heterocycles. The fraction of sp³-hybridized carbons (Fsp3) is 0.364. The zero-order chi connectivity index (χ0) is 12.1. The molecule has 1 aromatic carbocycles. The molecule has 0 aliphatic carbocycles. The van der Waals surface area contributed by atoms with Crippen LogP contribution in [0, 0.1) is 5.82 Å². The highest BCUT2D eigenvalue weighted by molar-refractivity contribution is 9.09. The molecule has 0 spiro atoms. The Morgan fingerprint density at radius 3 is 2.88 bits per heavy atom. The number of ketones is 1. The Bertz CT molecular complexity index is 381. The molecule has 0 heterocycles. The standard InChI is InChI=1S/C11H12BrFO3/c1-7(14)10-3-2-8(13)4-11(10)16-6-9(15)5-12/h2-4,9,15H,5-6H2,1H3. The van der Waals surface area contributed by atoms with Gasteiger partial charge in [-0.2, -0.15) is 0 Å². The van der Waals surface area contributed by atoms with Crippen LogP contribution < -0.4 is 4.74 Å². The third-order valence-corrected chi connectivity index (χ3v) is 2.68. The number of aliphatic hydroxyl groups excluding tert-OH is 1. The van der Waals surface area contributed by atoms with Crippen molar-refractivity contribution < 1.29 is 19.0 Å². The van der Waals surface area contributed by atoms with Gasteiger partial charge in [0.1, 0.15) is 18.2 Å². The highest BCUT2D eigenvalue weighted by Gasteiger charge is 2.11. The Morgan fingerprint density at radius 2 is 2.31 bits per heavy atom. The molecule has 0 saturated carbocycles. The summed E-state index contributed by atoms with van der Waals surface area (Å²) < 4.78 is 18.1. The van der Waals surface area contributed by atoms with E-state index in [-0.39, 0.29) is 18.1 Å². The Kier molecular flexibility index (Phi) is 4.89. The van der Waals surface area contributed by atoms with E-state index < -0.39 is 11.9 Å². The van der Waals surface area contributed by atoms with Crippen LogP contribution in [0.5, 0.6) is 5.75 Å². The van der Waals surface area contributed by atoms with Gasteiger partial charge in [-0.15, -0.1) is 0 Å². The molecule has 0 amide bonds. The minimum Gasteiger partial charge on any atom is -0.490 e. The molecule has 0 fully saturated rings. The topological polar surface area (TPSA) is 46.5 Å². The van der Waals surface area contributed by atoms with Gasteiger partial charge < -0.3 is 9.84 Å². The lowest BCUT2D eigenvalue weighted by Gasteiger charge is -2.12. The van der Waals surface area contributed by atoms with Gasteiger partial charge in [0, 0.05) is 11.4 Å². The maximum Gasteiger partial charge on any atom is 0.163 e. The van der Waals surface area contributed by atoms with Crippen molar-refractivity contribution in [2.45, 2.75) is 13.0 Å². The molecule has 0 saturated heterocycles. The Hall–Kier alpha value is -0.940. The monoisotopic (exact) mass is 290 g/mol. The van der Waals surface area contributed by atoms with Crippen LogP contribution in [0.15, 0.2) is 18.2 Å². The predicted octanol–water partition coefficient (Wildman–Crippen LogP) is 2.16. The second-order valence-electron chi connectivity index (χ2n) is 3.32. The van der Waals surface area contributed by atoms with Crippen molar-refractivity contribution in [2.24, 2.45) is 0 Å². The lowest BCUT2D eigenvalue weighted by Crippen LogP contribution is -2.19. The largest absolute Gasteiger partial charge is 0.490 e. The van der Waals surface area contributed by atoms with Crippen LogP contribution >= 0.6 is 15.9 Å². The molecule has 1 N–H and O–H groups in total. The molecule has 5 heteroatoms. The highest BCUT2D eigenvalue weighted by Crippen LogP contribution is 2.20. The van der Waals surface area contributed by atoms with Gasteiger partial charge in [0.05, 0.1) is 11.7 Å². The number of carbonyl (C=O) groups excluding carboxylic acids is 1. The number of hydrogen-bond acceptors (Lipinski definition) is 3. The summed E-state index contributed by atoms with van der Waals surface area (Å²) in [6.07, 6.45) is -0.692. The van der Waals surface area contributed by atoms with Gasteiger partial charge in [0.25, 0.3) is 0 Å². The lowest BCUT2D eigenvalue weighted by molar-refractivity contribution is 0.0997. The van der Waals surface area contributed by atoms with Crippen LogP contribution in [-0.4, -0.2) is 28.9 Å². The maximum absolute atomic E-state index is 13.0. The van der Waals surface area contributed by atoms with Gasteiger partial charge in [-0.3, -0.25) is 4.79 Å². The van der Waals surface area contributed by atoms with Crippen LogP contribution in [-0.2, 0) is 0 Å². The number of carbonyl (C=O) groups is 1. The van der Waals surface area contributed by atoms with E-state index >= 15 is 0 Å². The number of alkyl halides is 1. The number of halogens is 2. The Morgan fingerprint density at radius 1 is 1.62 bits per heavy atom. The second-order valence-corrected chi connectivity index (χ2v) is 3.96. The molecule has 16 heavy (non-hydrogen) atoms. The van der Waals surface area contributed by atoms with Gasteiger partial charge >= 0.3 is 0 Å². The zero-order valence-electron chi connectivity index (χ0n) is 8.74. The summed E-state index contributed by atoms with van der Waals surface area (Å²) in [5, 5.41) is 9.63. The summed E-state index contributed by atoms with van der Waals surface area (Å²) in [4.78, 5) is 11.2. The lowest BCUT2D eigenvalue weighted by atomic mass is 10.1. The molecule has 88 valence electrons. The first-order chi connectivity index (χ1) is 7.54. The van der Waals surface area contributed by atoms with E-state index in [1.54, 1.807) is 0 Å². The van der Waals surface area contributed by atoms with Crippen molar-refractivity contribution in [1.29, 1.82) is 0 Å². The quantitative estimate of drug-likeness (QED) is 0.668. The number of Topliss-reactive ketones (excluding diaryl/α,β-unsaturated/α-hetero) is 1. The molecule has 0 aliphatic rings. The first-order valence-electron chi connectivity index (χ1n) is 4.72. The van der Waals surface area contributed by atoms with E-state index in [9.17, 15) is 14.3 Å². The molecule has 0 bridgehead atoms. The number of benzene rings is 1.